The van der Waals surface area contributed by atoms with Gasteiger partial charge in [0.2, 0.25) is 0 Å². The Bertz CT molecular complexity index is 637. The molecule has 0 aliphatic carbocycles. The molecule has 2 rings (SSSR count). The summed E-state index contributed by atoms with van der Waals surface area (Å²) < 4.78 is 0. The fourth-order valence-corrected chi connectivity index (χ4v) is 2.03. The zero-order valence-electron chi connectivity index (χ0n) is 13.1. The molecule has 0 aliphatic rings. The number of fused-ring (bicyclic) bond motifs is 1. The van der Waals surface area contributed by atoms with E-state index in [0.29, 0.717) is 5.92 Å². The number of nitrogens with zero attached hydrogens (tertiary/aromatic N) is 1. The fraction of sp³-hybridized carbons (Fsp3) is 0.412. The Hall–Kier alpha value is -2.10. The molecule has 0 saturated carbocycles. The summed E-state index contributed by atoms with van der Waals surface area (Å²) in [7, 11) is 0. The highest BCUT2D eigenvalue weighted by Crippen LogP contribution is 2.21. The van der Waals surface area contributed by atoms with Gasteiger partial charge in [-0.05, 0) is 37.5 Å². The summed E-state index contributed by atoms with van der Waals surface area (Å²) in [6, 6.07) is 9.90. The molecular formula is C17H23N3O. The van der Waals surface area contributed by atoms with Gasteiger partial charge in [-0.15, -0.1) is 0 Å². The average Bonchev–Trinajstić information content (AvgIpc) is 2.46. The van der Waals surface area contributed by atoms with Crippen molar-refractivity contribution in [2.24, 2.45) is 0 Å². The van der Waals surface area contributed by atoms with Gasteiger partial charge in [-0.2, -0.15) is 0 Å². The molecule has 4 heteroatoms. The Morgan fingerprint density at radius 3 is 2.57 bits per heavy atom. The Labute approximate surface area is 126 Å². The van der Waals surface area contributed by atoms with Gasteiger partial charge in [0.25, 0.3) is 0 Å². The third-order valence-corrected chi connectivity index (χ3v) is 3.55. The smallest absolute Gasteiger partial charge is 0.319 e. The third-order valence-electron chi connectivity index (χ3n) is 3.55. The predicted octanol–water partition coefficient (Wildman–Crippen LogP) is 4.28. The number of nitrogens with one attached hydrogen (secondary N) is 2. The van der Waals surface area contributed by atoms with E-state index in [2.05, 4.69) is 41.6 Å². The number of carbonyl (C=O) groups excluding carboxylic acids is 1. The molecule has 0 bridgehead atoms. The molecule has 4 nitrogen and oxygen atoms in total. The van der Waals surface area contributed by atoms with E-state index >= 15 is 0 Å². The topological polar surface area (TPSA) is 54.0 Å². The molecule has 1 aromatic carbocycles. The molecule has 1 unspecified atom stereocenters. The lowest BCUT2D eigenvalue weighted by molar-refractivity contribution is 0.249. The Morgan fingerprint density at radius 2 is 1.90 bits per heavy atom. The van der Waals surface area contributed by atoms with Crippen molar-refractivity contribution in [3.8, 4) is 0 Å². The molecule has 0 saturated heterocycles. The molecule has 0 radical (unpaired) electrons. The van der Waals surface area contributed by atoms with Crippen LogP contribution in [0.3, 0.4) is 0 Å². The molecular weight excluding hydrogens is 262 g/mol. The highest BCUT2D eigenvalue weighted by Gasteiger charge is 2.07. The van der Waals surface area contributed by atoms with E-state index in [9.17, 15) is 4.79 Å². The minimum absolute atomic E-state index is 0.163. The molecule has 21 heavy (non-hydrogen) atoms. The van der Waals surface area contributed by atoms with Crippen molar-refractivity contribution in [2.75, 3.05) is 5.32 Å². The van der Waals surface area contributed by atoms with Crippen LogP contribution in [0.25, 0.3) is 10.9 Å². The number of amides is 2. The molecule has 2 N–H and O–H groups in total. The first-order valence-corrected chi connectivity index (χ1v) is 7.47. The van der Waals surface area contributed by atoms with Gasteiger partial charge in [0, 0.05) is 22.8 Å². The Balaban J connectivity index is 2.19. The van der Waals surface area contributed by atoms with E-state index in [1.54, 1.807) is 0 Å². The van der Waals surface area contributed by atoms with E-state index in [-0.39, 0.29) is 12.1 Å². The van der Waals surface area contributed by atoms with Crippen molar-refractivity contribution < 1.29 is 4.79 Å². The number of urea groups is 1. The van der Waals surface area contributed by atoms with Crippen LogP contribution < -0.4 is 10.6 Å². The molecule has 1 atom stereocenters. The summed E-state index contributed by atoms with van der Waals surface area (Å²) >= 11 is 0. The number of anilines is 1. The Morgan fingerprint density at radius 1 is 1.19 bits per heavy atom. The van der Waals surface area contributed by atoms with E-state index in [1.165, 1.54) is 0 Å². The summed E-state index contributed by atoms with van der Waals surface area (Å²) in [5.41, 5.74) is 2.72. The quantitative estimate of drug-likeness (QED) is 0.881. The molecule has 0 fully saturated rings. The molecule has 2 amide bonds. The van der Waals surface area contributed by atoms with Crippen LogP contribution in [-0.2, 0) is 0 Å². The van der Waals surface area contributed by atoms with Gasteiger partial charge in [0.15, 0.2) is 0 Å². The lowest BCUT2D eigenvalue weighted by atomic mass is 10.1. The molecule has 1 aromatic heterocycles. The van der Waals surface area contributed by atoms with Crippen LogP contribution in [0.4, 0.5) is 10.5 Å². The number of pyridine rings is 1. The second kappa shape index (κ2) is 6.57. The van der Waals surface area contributed by atoms with Crippen molar-refractivity contribution in [1.29, 1.82) is 0 Å². The number of benzene rings is 1. The van der Waals surface area contributed by atoms with Gasteiger partial charge in [0.05, 0.1) is 5.52 Å². The lowest BCUT2D eigenvalue weighted by Gasteiger charge is -2.13. The highest BCUT2D eigenvalue weighted by molar-refractivity contribution is 5.92. The van der Waals surface area contributed by atoms with Crippen molar-refractivity contribution >= 4 is 22.6 Å². The summed E-state index contributed by atoms with van der Waals surface area (Å²) in [5.74, 6) is 0.389. The monoisotopic (exact) mass is 285 g/mol. The van der Waals surface area contributed by atoms with Crippen molar-refractivity contribution in [1.82, 2.24) is 10.3 Å². The first-order chi connectivity index (χ1) is 9.99. The standard InChI is InChI=1S/C17H23N3O/c1-5-12(4)18-17(21)19-14-8-6-13-7-9-15(11(2)3)20-16(13)10-14/h6-12H,5H2,1-4H3,(H2,18,19,21). The third kappa shape index (κ3) is 3.94. The SMILES string of the molecule is CCC(C)NC(=O)Nc1ccc2ccc(C(C)C)nc2c1. The van der Waals surface area contributed by atoms with Gasteiger partial charge >= 0.3 is 6.03 Å². The maximum absolute atomic E-state index is 11.9. The maximum Gasteiger partial charge on any atom is 0.319 e. The molecule has 2 aromatic rings. The second-order valence-electron chi connectivity index (χ2n) is 5.71. The lowest BCUT2D eigenvalue weighted by Crippen LogP contribution is -2.35. The Kier molecular flexibility index (Phi) is 4.78. The molecule has 0 aliphatic heterocycles. The summed E-state index contributed by atoms with van der Waals surface area (Å²) in [4.78, 5) is 16.5. The predicted molar refractivity (Wildman–Crippen MR) is 87.7 cm³/mol. The number of aromatic nitrogens is 1. The van der Waals surface area contributed by atoms with Crippen LogP contribution in [0, 0.1) is 0 Å². The summed E-state index contributed by atoms with van der Waals surface area (Å²) in [5, 5.41) is 6.82. The van der Waals surface area contributed by atoms with E-state index in [4.69, 9.17) is 0 Å². The van der Waals surface area contributed by atoms with E-state index in [1.807, 2.05) is 32.0 Å². The minimum Gasteiger partial charge on any atom is -0.335 e. The van der Waals surface area contributed by atoms with Crippen LogP contribution in [0.1, 0.15) is 45.7 Å². The zero-order chi connectivity index (χ0) is 15.4. The van der Waals surface area contributed by atoms with Crippen LogP contribution in [0.2, 0.25) is 0 Å². The minimum atomic E-state index is -0.177. The number of hydrogen-bond acceptors (Lipinski definition) is 2. The first-order valence-electron chi connectivity index (χ1n) is 7.47. The second-order valence-corrected chi connectivity index (χ2v) is 5.71. The molecule has 0 spiro atoms. The van der Waals surface area contributed by atoms with Gasteiger partial charge in [0.1, 0.15) is 0 Å². The van der Waals surface area contributed by atoms with E-state index < -0.39 is 0 Å². The van der Waals surface area contributed by atoms with E-state index in [0.717, 1.165) is 28.7 Å². The first kappa shape index (κ1) is 15.3. The normalized spacial score (nSPS) is 12.4. The molecule has 1 heterocycles. The average molecular weight is 285 g/mol. The van der Waals surface area contributed by atoms with Gasteiger partial charge in [-0.3, -0.25) is 4.98 Å². The van der Waals surface area contributed by atoms with Crippen LogP contribution in [0.15, 0.2) is 30.3 Å². The summed E-state index contributed by atoms with van der Waals surface area (Å²) in [6.45, 7) is 8.26. The van der Waals surface area contributed by atoms with Gasteiger partial charge < -0.3 is 10.6 Å². The largest absolute Gasteiger partial charge is 0.335 e. The van der Waals surface area contributed by atoms with Crippen molar-refractivity contribution in [2.45, 2.75) is 46.1 Å². The van der Waals surface area contributed by atoms with Crippen molar-refractivity contribution in [3.63, 3.8) is 0 Å². The van der Waals surface area contributed by atoms with Crippen molar-refractivity contribution in [3.05, 3.63) is 36.0 Å². The fourth-order valence-electron chi connectivity index (χ4n) is 2.03. The van der Waals surface area contributed by atoms with Crippen LogP contribution in [-0.4, -0.2) is 17.1 Å². The summed E-state index contributed by atoms with van der Waals surface area (Å²) in [6.07, 6.45) is 0.907. The highest BCUT2D eigenvalue weighted by atomic mass is 16.2. The number of rotatable bonds is 4. The van der Waals surface area contributed by atoms with Gasteiger partial charge in [-0.25, -0.2) is 4.79 Å². The molecule has 112 valence electrons. The van der Waals surface area contributed by atoms with Crippen LogP contribution >= 0.6 is 0 Å². The maximum atomic E-state index is 11.9. The van der Waals surface area contributed by atoms with Gasteiger partial charge in [-0.1, -0.05) is 32.9 Å². The zero-order valence-corrected chi connectivity index (χ0v) is 13.1. The van der Waals surface area contributed by atoms with Crippen LogP contribution in [0.5, 0.6) is 0 Å². The number of carbonyl (C=O) groups is 1. The number of hydrogen-bond donors (Lipinski definition) is 2.